The molecule has 7 heteroatoms. The minimum Gasteiger partial charge on any atom is -0.359 e. The summed E-state index contributed by atoms with van der Waals surface area (Å²) in [6.07, 6.45) is 4.24. The standard InChI is InChI=1S/C18H32N4O2S/c1-5-19-18(20-12-15-11-17(13(3)4)22-24-15)21-14-8-7-9-16(10-14)25(23)6-2/h11,13-14,16H,5-10,12H2,1-4H3,(H2,19,20,21). The second kappa shape index (κ2) is 9.94. The Kier molecular flexibility index (Phi) is 7.93. The highest BCUT2D eigenvalue weighted by molar-refractivity contribution is 7.85. The van der Waals surface area contributed by atoms with E-state index >= 15 is 0 Å². The van der Waals surface area contributed by atoms with E-state index in [4.69, 9.17) is 4.52 Å². The maximum absolute atomic E-state index is 12.1. The van der Waals surface area contributed by atoms with Gasteiger partial charge in [0.15, 0.2) is 11.7 Å². The van der Waals surface area contributed by atoms with Gasteiger partial charge in [-0.1, -0.05) is 32.3 Å². The summed E-state index contributed by atoms with van der Waals surface area (Å²) in [4.78, 5) is 4.63. The highest BCUT2D eigenvalue weighted by atomic mass is 32.2. The minimum atomic E-state index is -0.711. The molecule has 0 saturated heterocycles. The average molecular weight is 369 g/mol. The monoisotopic (exact) mass is 368 g/mol. The Balaban J connectivity index is 1.95. The topological polar surface area (TPSA) is 79.5 Å². The molecular weight excluding hydrogens is 336 g/mol. The number of guanidine groups is 1. The summed E-state index contributed by atoms with van der Waals surface area (Å²) in [6.45, 7) is 9.51. The van der Waals surface area contributed by atoms with E-state index in [1.807, 2.05) is 13.0 Å². The van der Waals surface area contributed by atoms with Gasteiger partial charge in [0, 0.05) is 40.5 Å². The minimum absolute atomic E-state index is 0.307. The van der Waals surface area contributed by atoms with Crippen LogP contribution in [0.15, 0.2) is 15.6 Å². The highest BCUT2D eigenvalue weighted by Crippen LogP contribution is 2.23. The van der Waals surface area contributed by atoms with Crippen molar-refractivity contribution in [2.75, 3.05) is 12.3 Å². The Bertz CT molecular complexity index is 585. The third-order valence-electron chi connectivity index (χ3n) is 4.53. The number of hydrogen-bond acceptors (Lipinski definition) is 4. The molecule has 2 rings (SSSR count). The zero-order valence-electron chi connectivity index (χ0n) is 15.9. The van der Waals surface area contributed by atoms with Gasteiger partial charge in [-0.25, -0.2) is 4.99 Å². The van der Waals surface area contributed by atoms with E-state index in [9.17, 15) is 4.21 Å². The lowest BCUT2D eigenvalue weighted by Crippen LogP contribution is -2.46. The number of aliphatic imine (C=N–C) groups is 1. The summed E-state index contributed by atoms with van der Waals surface area (Å²) in [5.41, 5.74) is 0.959. The molecule has 0 spiro atoms. The van der Waals surface area contributed by atoms with Crippen molar-refractivity contribution in [3.63, 3.8) is 0 Å². The molecule has 2 N–H and O–H groups in total. The predicted octanol–water partition coefficient (Wildman–Crippen LogP) is 2.93. The molecule has 1 aromatic rings. The fraction of sp³-hybridized carbons (Fsp3) is 0.778. The second-order valence-corrected chi connectivity index (χ2v) is 8.87. The average Bonchev–Trinajstić information content (AvgIpc) is 3.09. The van der Waals surface area contributed by atoms with Crippen LogP contribution in [0.1, 0.15) is 70.8 Å². The van der Waals surface area contributed by atoms with E-state index in [1.54, 1.807) is 0 Å². The summed E-state index contributed by atoms with van der Waals surface area (Å²) in [6, 6.07) is 2.30. The quantitative estimate of drug-likeness (QED) is 0.571. The fourth-order valence-corrected chi connectivity index (χ4v) is 4.44. The Morgan fingerprint density at radius 1 is 1.44 bits per heavy atom. The number of hydrogen-bond donors (Lipinski definition) is 2. The molecule has 0 aromatic carbocycles. The fourth-order valence-electron chi connectivity index (χ4n) is 3.10. The molecule has 3 unspecified atom stereocenters. The molecule has 0 radical (unpaired) electrons. The first-order chi connectivity index (χ1) is 12.0. The lowest BCUT2D eigenvalue weighted by atomic mass is 9.95. The van der Waals surface area contributed by atoms with Crippen LogP contribution in [0, 0.1) is 0 Å². The van der Waals surface area contributed by atoms with E-state index in [0.29, 0.717) is 23.8 Å². The summed E-state index contributed by atoms with van der Waals surface area (Å²) in [5.74, 6) is 2.66. The normalized spacial score (nSPS) is 22.8. The maximum Gasteiger partial charge on any atom is 0.191 e. The molecule has 3 atom stereocenters. The van der Waals surface area contributed by atoms with Crippen molar-refractivity contribution in [3.05, 3.63) is 17.5 Å². The van der Waals surface area contributed by atoms with Gasteiger partial charge in [0.2, 0.25) is 0 Å². The van der Waals surface area contributed by atoms with Gasteiger partial charge >= 0.3 is 0 Å². The van der Waals surface area contributed by atoms with E-state index in [1.165, 1.54) is 0 Å². The first kappa shape index (κ1) is 19.9. The molecule has 6 nitrogen and oxygen atoms in total. The number of nitrogens with one attached hydrogen (secondary N) is 2. The molecular formula is C18H32N4O2S. The van der Waals surface area contributed by atoms with Gasteiger partial charge < -0.3 is 15.2 Å². The van der Waals surface area contributed by atoms with Crippen LogP contribution >= 0.6 is 0 Å². The van der Waals surface area contributed by atoms with Crippen LogP contribution in [0.25, 0.3) is 0 Å². The van der Waals surface area contributed by atoms with Crippen molar-refractivity contribution in [2.45, 2.75) is 77.1 Å². The third-order valence-corrected chi connectivity index (χ3v) is 6.27. The second-order valence-electron chi connectivity index (χ2n) is 6.87. The van der Waals surface area contributed by atoms with E-state index < -0.39 is 10.8 Å². The molecule has 0 bridgehead atoms. The van der Waals surface area contributed by atoms with Crippen LogP contribution in [0.2, 0.25) is 0 Å². The number of aromatic nitrogens is 1. The van der Waals surface area contributed by atoms with Gasteiger partial charge in [0.05, 0.1) is 5.69 Å². The van der Waals surface area contributed by atoms with Crippen LogP contribution in [-0.2, 0) is 17.3 Å². The van der Waals surface area contributed by atoms with Crippen molar-refractivity contribution in [1.29, 1.82) is 0 Å². The summed E-state index contributed by atoms with van der Waals surface area (Å²) >= 11 is 0. The van der Waals surface area contributed by atoms with Gasteiger partial charge in [0.1, 0.15) is 6.54 Å². The largest absolute Gasteiger partial charge is 0.359 e. The van der Waals surface area contributed by atoms with Gasteiger partial charge in [0.25, 0.3) is 0 Å². The lowest BCUT2D eigenvalue weighted by molar-refractivity contribution is 0.375. The smallest absolute Gasteiger partial charge is 0.191 e. The molecule has 1 aliphatic carbocycles. The van der Waals surface area contributed by atoms with E-state index in [2.05, 4.69) is 41.6 Å². The third kappa shape index (κ3) is 6.13. The first-order valence-electron chi connectivity index (χ1n) is 9.40. The molecule has 25 heavy (non-hydrogen) atoms. The first-order valence-corrected chi connectivity index (χ1v) is 10.8. The van der Waals surface area contributed by atoms with Gasteiger partial charge in [-0.2, -0.15) is 0 Å². The van der Waals surface area contributed by atoms with Crippen LogP contribution in [0.4, 0.5) is 0 Å². The molecule has 1 fully saturated rings. The summed E-state index contributed by atoms with van der Waals surface area (Å²) in [5, 5.41) is 11.2. The van der Waals surface area contributed by atoms with Gasteiger partial charge in [-0.05, 0) is 32.1 Å². The zero-order valence-corrected chi connectivity index (χ0v) is 16.7. The van der Waals surface area contributed by atoms with E-state index in [-0.39, 0.29) is 0 Å². The Morgan fingerprint density at radius 3 is 2.88 bits per heavy atom. The van der Waals surface area contributed by atoms with Gasteiger partial charge in [-0.3, -0.25) is 4.21 Å². The highest BCUT2D eigenvalue weighted by Gasteiger charge is 2.26. The van der Waals surface area contributed by atoms with Crippen LogP contribution in [0.3, 0.4) is 0 Å². The Labute approximate surface area is 153 Å². The lowest BCUT2D eigenvalue weighted by Gasteiger charge is -2.30. The molecule has 1 heterocycles. The maximum atomic E-state index is 12.1. The van der Waals surface area contributed by atoms with Crippen molar-refractivity contribution in [1.82, 2.24) is 15.8 Å². The number of rotatable bonds is 7. The summed E-state index contributed by atoms with van der Waals surface area (Å²) in [7, 11) is -0.711. The van der Waals surface area contributed by atoms with Crippen molar-refractivity contribution >= 4 is 16.8 Å². The van der Waals surface area contributed by atoms with Crippen LogP contribution in [0.5, 0.6) is 0 Å². The Morgan fingerprint density at radius 2 is 2.24 bits per heavy atom. The van der Waals surface area contributed by atoms with Crippen molar-refractivity contribution in [2.24, 2.45) is 4.99 Å². The van der Waals surface area contributed by atoms with E-state index in [0.717, 1.165) is 55.4 Å². The molecule has 0 aliphatic heterocycles. The van der Waals surface area contributed by atoms with Crippen LogP contribution < -0.4 is 10.6 Å². The molecule has 1 aromatic heterocycles. The molecule has 0 amide bonds. The molecule has 1 aliphatic rings. The summed E-state index contributed by atoms with van der Waals surface area (Å²) < 4.78 is 17.5. The number of nitrogens with zero attached hydrogens (tertiary/aromatic N) is 2. The predicted molar refractivity (Wildman–Crippen MR) is 103 cm³/mol. The van der Waals surface area contributed by atoms with Crippen molar-refractivity contribution < 1.29 is 8.73 Å². The van der Waals surface area contributed by atoms with Crippen LogP contribution in [-0.4, -0.2) is 38.9 Å². The SMILES string of the molecule is CCNC(=NCc1cc(C(C)C)no1)NC1CCCC(S(=O)CC)C1. The van der Waals surface area contributed by atoms with Crippen molar-refractivity contribution in [3.8, 4) is 0 Å². The molecule has 1 saturated carbocycles. The Hall–Kier alpha value is -1.37. The zero-order chi connectivity index (χ0) is 18.2. The molecule has 142 valence electrons. The van der Waals surface area contributed by atoms with Gasteiger partial charge in [-0.15, -0.1) is 0 Å².